The molecule has 1 saturated heterocycles. The van der Waals surface area contributed by atoms with Crippen molar-refractivity contribution in [3.8, 4) is 0 Å². The fourth-order valence-electron chi connectivity index (χ4n) is 5.66. The highest BCUT2D eigenvalue weighted by Gasteiger charge is 2.49. The van der Waals surface area contributed by atoms with E-state index < -0.39 is 0 Å². The van der Waals surface area contributed by atoms with Crippen LogP contribution in [0.4, 0.5) is 0 Å². The van der Waals surface area contributed by atoms with Crippen molar-refractivity contribution in [1.29, 1.82) is 0 Å². The second-order valence-corrected chi connectivity index (χ2v) is 7.81. The Hall–Kier alpha value is -0.830. The molecule has 3 nitrogen and oxygen atoms in total. The SMILES string of the molecule is O=C(/C=C/C12CC3CC(CC(C3)C1)C2)NC1CCNC1. The molecule has 110 valence electrons. The van der Waals surface area contributed by atoms with E-state index in [0.29, 0.717) is 11.5 Å². The van der Waals surface area contributed by atoms with Gasteiger partial charge in [0.15, 0.2) is 0 Å². The zero-order valence-corrected chi connectivity index (χ0v) is 12.2. The largest absolute Gasteiger partial charge is 0.349 e. The second kappa shape index (κ2) is 4.87. The van der Waals surface area contributed by atoms with Gasteiger partial charge >= 0.3 is 0 Å². The highest BCUT2D eigenvalue weighted by molar-refractivity contribution is 5.87. The van der Waals surface area contributed by atoms with Crippen LogP contribution in [0.5, 0.6) is 0 Å². The summed E-state index contributed by atoms with van der Waals surface area (Å²) in [5.74, 6) is 2.98. The molecule has 0 aromatic heterocycles. The summed E-state index contributed by atoms with van der Waals surface area (Å²) in [6, 6.07) is 0.337. The molecule has 4 bridgehead atoms. The number of hydrogen-bond donors (Lipinski definition) is 2. The summed E-state index contributed by atoms with van der Waals surface area (Å²) in [4.78, 5) is 12.1. The molecule has 0 radical (unpaired) electrons. The number of amides is 1. The van der Waals surface area contributed by atoms with E-state index in [1.54, 1.807) is 0 Å². The molecule has 2 N–H and O–H groups in total. The summed E-state index contributed by atoms with van der Waals surface area (Å²) in [6.07, 6.45) is 13.6. The van der Waals surface area contributed by atoms with Crippen molar-refractivity contribution in [3.05, 3.63) is 12.2 Å². The average Bonchev–Trinajstić information content (AvgIpc) is 2.88. The molecule has 5 fully saturated rings. The molecule has 1 unspecified atom stereocenters. The van der Waals surface area contributed by atoms with E-state index in [4.69, 9.17) is 0 Å². The smallest absolute Gasteiger partial charge is 0.243 e. The normalized spacial score (nSPS) is 46.2. The molecule has 0 spiro atoms. The number of nitrogens with one attached hydrogen (secondary N) is 2. The fraction of sp³-hybridized carbons (Fsp3) is 0.824. The number of allylic oxidation sites excluding steroid dienone is 1. The maximum Gasteiger partial charge on any atom is 0.243 e. The quantitative estimate of drug-likeness (QED) is 0.775. The lowest BCUT2D eigenvalue weighted by Crippen LogP contribution is -2.45. The zero-order chi connectivity index (χ0) is 13.6. The first-order valence-corrected chi connectivity index (χ1v) is 8.41. The third-order valence-corrected chi connectivity index (χ3v) is 6.08. The van der Waals surface area contributed by atoms with Gasteiger partial charge in [-0.3, -0.25) is 4.79 Å². The van der Waals surface area contributed by atoms with Gasteiger partial charge in [-0.25, -0.2) is 0 Å². The highest BCUT2D eigenvalue weighted by Crippen LogP contribution is 2.60. The van der Waals surface area contributed by atoms with Crippen molar-refractivity contribution in [3.63, 3.8) is 0 Å². The van der Waals surface area contributed by atoms with Crippen molar-refractivity contribution >= 4 is 5.91 Å². The molecule has 1 amide bonds. The Labute approximate surface area is 121 Å². The molecule has 0 aromatic carbocycles. The lowest BCUT2D eigenvalue weighted by Gasteiger charge is -2.55. The van der Waals surface area contributed by atoms with E-state index in [1.807, 2.05) is 6.08 Å². The van der Waals surface area contributed by atoms with Gasteiger partial charge in [0.2, 0.25) is 5.91 Å². The molecule has 0 aromatic rings. The van der Waals surface area contributed by atoms with Gasteiger partial charge in [-0.2, -0.15) is 0 Å². The van der Waals surface area contributed by atoms with E-state index in [2.05, 4.69) is 16.7 Å². The highest BCUT2D eigenvalue weighted by atomic mass is 16.1. The van der Waals surface area contributed by atoms with E-state index >= 15 is 0 Å². The average molecular weight is 274 g/mol. The first-order valence-electron chi connectivity index (χ1n) is 8.41. The van der Waals surface area contributed by atoms with Gasteiger partial charge in [0.25, 0.3) is 0 Å². The minimum absolute atomic E-state index is 0.120. The van der Waals surface area contributed by atoms with Crippen LogP contribution in [-0.2, 0) is 4.79 Å². The molecular weight excluding hydrogens is 248 g/mol. The van der Waals surface area contributed by atoms with Crippen LogP contribution in [0, 0.1) is 23.2 Å². The third-order valence-electron chi connectivity index (χ3n) is 6.08. The van der Waals surface area contributed by atoms with Crippen LogP contribution in [0.1, 0.15) is 44.9 Å². The lowest BCUT2D eigenvalue weighted by molar-refractivity contribution is -0.117. The topological polar surface area (TPSA) is 41.1 Å². The number of carbonyl (C=O) groups is 1. The van der Waals surface area contributed by atoms with Crippen LogP contribution >= 0.6 is 0 Å². The van der Waals surface area contributed by atoms with Crippen molar-refractivity contribution in [2.45, 2.75) is 51.0 Å². The van der Waals surface area contributed by atoms with Crippen LogP contribution in [0.3, 0.4) is 0 Å². The molecule has 5 aliphatic rings. The maximum atomic E-state index is 12.1. The van der Waals surface area contributed by atoms with Gasteiger partial charge in [-0.05, 0) is 80.7 Å². The molecular formula is C17H26N2O. The van der Waals surface area contributed by atoms with Crippen molar-refractivity contribution in [1.82, 2.24) is 10.6 Å². The molecule has 1 heterocycles. The zero-order valence-electron chi connectivity index (χ0n) is 12.2. The molecule has 4 saturated carbocycles. The summed E-state index contributed by atoms with van der Waals surface area (Å²) >= 11 is 0. The lowest BCUT2D eigenvalue weighted by atomic mass is 9.49. The van der Waals surface area contributed by atoms with Gasteiger partial charge in [-0.1, -0.05) is 6.08 Å². The Morgan fingerprint density at radius 2 is 1.75 bits per heavy atom. The maximum absolute atomic E-state index is 12.1. The predicted octanol–water partition coefficient (Wildman–Crippen LogP) is 2.24. The summed E-state index contributed by atoms with van der Waals surface area (Å²) in [5.41, 5.74) is 0.375. The van der Waals surface area contributed by atoms with Crippen LogP contribution in [0.25, 0.3) is 0 Å². The molecule has 20 heavy (non-hydrogen) atoms. The molecule has 3 heteroatoms. The summed E-state index contributed by atoms with van der Waals surface area (Å²) in [7, 11) is 0. The number of carbonyl (C=O) groups excluding carboxylic acids is 1. The minimum atomic E-state index is 0.120. The summed E-state index contributed by atoms with van der Waals surface area (Å²) < 4.78 is 0. The van der Waals surface area contributed by atoms with Gasteiger partial charge < -0.3 is 10.6 Å². The monoisotopic (exact) mass is 274 g/mol. The Bertz CT molecular complexity index is 387. The van der Waals surface area contributed by atoms with Crippen LogP contribution in [0.2, 0.25) is 0 Å². The number of hydrogen-bond acceptors (Lipinski definition) is 2. The second-order valence-electron chi connectivity index (χ2n) is 7.81. The Morgan fingerprint density at radius 1 is 1.10 bits per heavy atom. The first kappa shape index (κ1) is 12.9. The van der Waals surface area contributed by atoms with Crippen LogP contribution in [0.15, 0.2) is 12.2 Å². The van der Waals surface area contributed by atoms with E-state index in [-0.39, 0.29) is 5.91 Å². The molecule has 1 aliphatic heterocycles. The van der Waals surface area contributed by atoms with Crippen LogP contribution in [-0.4, -0.2) is 25.0 Å². The fourth-order valence-corrected chi connectivity index (χ4v) is 5.66. The number of rotatable bonds is 3. The van der Waals surface area contributed by atoms with Gasteiger partial charge in [-0.15, -0.1) is 0 Å². The first-order chi connectivity index (χ1) is 9.71. The molecule has 5 rings (SSSR count). The van der Waals surface area contributed by atoms with E-state index in [9.17, 15) is 4.79 Å². The molecule has 1 atom stereocenters. The third kappa shape index (κ3) is 2.41. The van der Waals surface area contributed by atoms with Crippen molar-refractivity contribution < 1.29 is 4.79 Å². The van der Waals surface area contributed by atoms with Gasteiger partial charge in [0.1, 0.15) is 0 Å². The minimum Gasteiger partial charge on any atom is -0.349 e. The van der Waals surface area contributed by atoms with E-state index in [1.165, 1.54) is 38.5 Å². The van der Waals surface area contributed by atoms with Gasteiger partial charge in [0, 0.05) is 12.6 Å². The van der Waals surface area contributed by atoms with E-state index in [0.717, 1.165) is 37.3 Å². The Morgan fingerprint density at radius 3 is 2.30 bits per heavy atom. The Kier molecular flexibility index (Phi) is 3.13. The standard InChI is InChI=1S/C17H26N2O/c20-16(19-15-2-4-18-11-15)1-3-17-8-12-5-13(9-17)7-14(6-12)10-17/h1,3,12-15,18H,2,4-11H2,(H,19,20)/b3-1+. The van der Waals surface area contributed by atoms with Gasteiger partial charge in [0.05, 0.1) is 0 Å². The summed E-state index contributed by atoms with van der Waals surface area (Å²) in [6.45, 7) is 1.96. The van der Waals surface area contributed by atoms with Crippen LogP contribution < -0.4 is 10.6 Å². The summed E-state index contributed by atoms with van der Waals surface area (Å²) in [5, 5.41) is 6.41. The Balaban J connectivity index is 1.40. The van der Waals surface area contributed by atoms with Crippen molar-refractivity contribution in [2.75, 3.05) is 13.1 Å². The predicted molar refractivity (Wildman–Crippen MR) is 79.2 cm³/mol. The van der Waals surface area contributed by atoms with Crippen molar-refractivity contribution in [2.24, 2.45) is 23.2 Å². The molecule has 4 aliphatic carbocycles.